The Balaban J connectivity index is 0.000000406. The highest BCUT2D eigenvalue weighted by Crippen LogP contribution is 2.42. The van der Waals surface area contributed by atoms with Crippen molar-refractivity contribution in [2.24, 2.45) is 0 Å². The first-order valence-electron chi connectivity index (χ1n) is 5.93. The monoisotopic (exact) mass is 214 g/mol. The van der Waals surface area contributed by atoms with Crippen LogP contribution in [0.2, 0.25) is 0 Å². The number of hydrogen-bond acceptors (Lipinski definition) is 0. The zero-order chi connectivity index (χ0) is 10.7. The highest BCUT2D eigenvalue weighted by atomic mass is 14.3. The van der Waals surface area contributed by atoms with Gasteiger partial charge in [-0.15, -0.1) is 0 Å². The number of fused-ring (bicyclic) bond motifs is 1. The lowest BCUT2D eigenvalue weighted by molar-refractivity contribution is 1.15. The van der Waals surface area contributed by atoms with Gasteiger partial charge in [-0.3, -0.25) is 0 Å². The van der Waals surface area contributed by atoms with Gasteiger partial charge in [0.25, 0.3) is 0 Å². The summed E-state index contributed by atoms with van der Waals surface area (Å²) >= 11 is 0. The van der Waals surface area contributed by atoms with E-state index in [4.69, 9.17) is 0 Å². The van der Waals surface area contributed by atoms with Crippen LogP contribution in [0.15, 0.2) is 42.5 Å². The Kier molecular flexibility index (Phi) is 4.54. The van der Waals surface area contributed by atoms with Crippen LogP contribution >= 0.6 is 0 Å². The molecule has 0 heteroatoms. The van der Waals surface area contributed by atoms with Gasteiger partial charge in [0.1, 0.15) is 0 Å². The van der Waals surface area contributed by atoms with Crippen molar-refractivity contribution in [1.82, 2.24) is 0 Å². The molecule has 1 aliphatic rings. The molecule has 1 fully saturated rings. The van der Waals surface area contributed by atoms with Crippen molar-refractivity contribution >= 4 is 10.8 Å². The summed E-state index contributed by atoms with van der Waals surface area (Å²) in [7, 11) is 0. The van der Waals surface area contributed by atoms with Gasteiger partial charge in [-0.2, -0.15) is 0 Å². The molecular weight excluding hydrogens is 192 g/mol. The molecule has 0 saturated heterocycles. The Bertz CT molecular complexity index is 433. The number of hydrogen-bond donors (Lipinski definition) is 0. The molecule has 16 heavy (non-hydrogen) atoms. The Morgan fingerprint density at radius 1 is 0.875 bits per heavy atom. The van der Waals surface area contributed by atoms with Gasteiger partial charge in [0, 0.05) is 0 Å². The van der Waals surface area contributed by atoms with Crippen LogP contribution in [0.3, 0.4) is 0 Å². The molecule has 0 nitrogen and oxygen atoms in total. The third-order valence-electron chi connectivity index (χ3n) is 2.84. The van der Waals surface area contributed by atoms with Crippen LogP contribution in [0.1, 0.15) is 45.6 Å². The van der Waals surface area contributed by atoms with Crippen LogP contribution in [0.4, 0.5) is 0 Å². The molecule has 0 bridgehead atoms. The lowest BCUT2D eigenvalue weighted by Gasteiger charge is -2.03. The second-order valence-electron chi connectivity index (χ2n) is 3.84. The van der Waals surface area contributed by atoms with Crippen LogP contribution in [0, 0.1) is 0 Å². The Hall–Kier alpha value is -1.30. The van der Waals surface area contributed by atoms with E-state index >= 15 is 0 Å². The molecule has 0 N–H and O–H groups in total. The van der Waals surface area contributed by atoms with Crippen LogP contribution < -0.4 is 0 Å². The minimum absolute atomic E-state index is 0. The zero-order valence-electron chi connectivity index (χ0n) is 9.53. The summed E-state index contributed by atoms with van der Waals surface area (Å²) in [4.78, 5) is 0. The van der Waals surface area contributed by atoms with E-state index in [-0.39, 0.29) is 7.43 Å². The average molecular weight is 214 g/mol. The molecule has 1 aliphatic carbocycles. The normalized spacial score (nSPS) is 13.6. The molecular formula is C16H22. The van der Waals surface area contributed by atoms with Crippen molar-refractivity contribution in [3.05, 3.63) is 48.0 Å². The first-order valence-corrected chi connectivity index (χ1v) is 5.93. The second-order valence-corrected chi connectivity index (χ2v) is 3.84. The summed E-state index contributed by atoms with van der Waals surface area (Å²) in [6, 6.07) is 15.3. The maximum absolute atomic E-state index is 2.28. The first kappa shape index (κ1) is 12.8. The number of benzene rings is 2. The van der Waals surface area contributed by atoms with Crippen LogP contribution in [0.25, 0.3) is 10.8 Å². The smallest absolute Gasteiger partial charge is 0.0149 e. The van der Waals surface area contributed by atoms with E-state index in [1.54, 1.807) is 5.56 Å². The molecule has 2 aromatic carbocycles. The van der Waals surface area contributed by atoms with Crippen molar-refractivity contribution in [1.29, 1.82) is 0 Å². The van der Waals surface area contributed by atoms with Crippen molar-refractivity contribution < 1.29 is 0 Å². The van der Waals surface area contributed by atoms with Crippen LogP contribution in [-0.4, -0.2) is 0 Å². The molecule has 0 amide bonds. The maximum atomic E-state index is 2.28. The Labute approximate surface area is 99.3 Å². The second kappa shape index (κ2) is 5.69. The van der Waals surface area contributed by atoms with Gasteiger partial charge in [-0.25, -0.2) is 0 Å². The third-order valence-corrected chi connectivity index (χ3v) is 2.84. The molecule has 0 radical (unpaired) electrons. The van der Waals surface area contributed by atoms with E-state index in [1.165, 1.54) is 23.6 Å². The largest absolute Gasteiger partial charge is 0.0776 e. The molecule has 86 valence electrons. The lowest BCUT2D eigenvalue weighted by atomic mass is 10.0. The molecule has 0 aromatic heterocycles. The van der Waals surface area contributed by atoms with Crippen LogP contribution in [0.5, 0.6) is 0 Å². The highest BCUT2D eigenvalue weighted by molar-refractivity contribution is 5.86. The molecule has 2 aromatic rings. The summed E-state index contributed by atoms with van der Waals surface area (Å²) < 4.78 is 0. The van der Waals surface area contributed by atoms with Crippen molar-refractivity contribution in [3.8, 4) is 0 Å². The molecule has 0 atom stereocenters. The van der Waals surface area contributed by atoms with Gasteiger partial charge < -0.3 is 0 Å². The van der Waals surface area contributed by atoms with Crippen molar-refractivity contribution in [3.63, 3.8) is 0 Å². The third kappa shape index (κ3) is 2.44. The molecule has 0 unspecified atom stereocenters. The molecule has 3 rings (SSSR count). The predicted molar refractivity (Wildman–Crippen MR) is 74.0 cm³/mol. The van der Waals surface area contributed by atoms with Gasteiger partial charge in [0.2, 0.25) is 0 Å². The highest BCUT2D eigenvalue weighted by Gasteiger charge is 2.24. The standard InChI is InChI=1S/C13H12.C2H6.CH4/c1-2-6-12-10(4-1)5-3-7-13(12)11-8-9-11;1-2;/h1-7,11H,8-9H2;1-2H3;1H4. The van der Waals surface area contributed by atoms with E-state index < -0.39 is 0 Å². The van der Waals surface area contributed by atoms with Gasteiger partial charge in [0.05, 0.1) is 0 Å². The average Bonchev–Trinajstić information content (AvgIpc) is 3.15. The maximum Gasteiger partial charge on any atom is -0.0149 e. The summed E-state index contributed by atoms with van der Waals surface area (Å²) in [5.74, 6) is 0.853. The van der Waals surface area contributed by atoms with Crippen LogP contribution in [-0.2, 0) is 0 Å². The summed E-state index contributed by atoms with van der Waals surface area (Å²) in [5, 5.41) is 2.83. The Morgan fingerprint density at radius 3 is 2.19 bits per heavy atom. The van der Waals surface area contributed by atoms with E-state index in [9.17, 15) is 0 Å². The van der Waals surface area contributed by atoms with Crippen molar-refractivity contribution in [2.75, 3.05) is 0 Å². The van der Waals surface area contributed by atoms with Gasteiger partial charge >= 0.3 is 0 Å². The molecule has 0 aliphatic heterocycles. The summed E-state index contributed by atoms with van der Waals surface area (Å²) in [6.45, 7) is 4.00. The molecule has 0 heterocycles. The Morgan fingerprint density at radius 2 is 1.50 bits per heavy atom. The van der Waals surface area contributed by atoms with Gasteiger partial charge in [-0.05, 0) is 35.1 Å². The molecule has 0 spiro atoms. The zero-order valence-corrected chi connectivity index (χ0v) is 9.53. The molecule has 1 saturated carbocycles. The summed E-state index contributed by atoms with van der Waals surface area (Å²) in [5.41, 5.74) is 1.55. The SMILES string of the molecule is C.CC.c1ccc2c(C3CC3)cccc2c1. The quantitative estimate of drug-likeness (QED) is 0.598. The van der Waals surface area contributed by atoms with E-state index in [1.807, 2.05) is 13.8 Å². The van der Waals surface area contributed by atoms with Gasteiger partial charge in [0.15, 0.2) is 0 Å². The first-order chi connectivity index (χ1) is 7.45. The predicted octanol–water partition coefficient (Wildman–Crippen LogP) is 5.38. The fraction of sp³-hybridized carbons (Fsp3) is 0.375. The van der Waals surface area contributed by atoms with E-state index in [0.29, 0.717) is 0 Å². The fourth-order valence-electron chi connectivity index (χ4n) is 2.00. The van der Waals surface area contributed by atoms with Gasteiger partial charge in [-0.1, -0.05) is 63.7 Å². The lowest BCUT2D eigenvalue weighted by Crippen LogP contribution is -1.81. The van der Waals surface area contributed by atoms with E-state index in [0.717, 1.165) is 5.92 Å². The topological polar surface area (TPSA) is 0 Å². The van der Waals surface area contributed by atoms with Crippen molar-refractivity contribution in [2.45, 2.75) is 40.0 Å². The minimum atomic E-state index is 0. The number of rotatable bonds is 1. The minimum Gasteiger partial charge on any atom is -0.0776 e. The van der Waals surface area contributed by atoms with E-state index in [2.05, 4.69) is 42.5 Å². The summed E-state index contributed by atoms with van der Waals surface area (Å²) in [6.07, 6.45) is 2.77. The fourth-order valence-corrected chi connectivity index (χ4v) is 2.00.